The van der Waals surface area contributed by atoms with Gasteiger partial charge in [0, 0.05) is 17.1 Å². The van der Waals surface area contributed by atoms with Crippen molar-refractivity contribution in [3.05, 3.63) is 64.4 Å². The van der Waals surface area contributed by atoms with Crippen LogP contribution in [0.5, 0.6) is 5.75 Å². The van der Waals surface area contributed by atoms with Crippen molar-refractivity contribution in [1.82, 2.24) is 10.2 Å². The van der Waals surface area contributed by atoms with E-state index in [1.807, 2.05) is 24.3 Å². The summed E-state index contributed by atoms with van der Waals surface area (Å²) in [5, 5.41) is 3.05. The lowest BCUT2D eigenvalue weighted by atomic mass is 10.1. The molecule has 1 aliphatic rings. The highest BCUT2D eigenvalue weighted by Crippen LogP contribution is 2.20. The summed E-state index contributed by atoms with van der Waals surface area (Å²) in [6, 6.07) is 13.0. The van der Waals surface area contributed by atoms with Crippen LogP contribution in [-0.4, -0.2) is 35.4 Å². The highest BCUT2D eigenvalue weighted by Gasteiger charge is 2.28. The van der Waals surface area contributed by atoms with E-state index in [0.29, 0.717) is 0 Å². The molecule has 2 amide bonds. The van der Waals surface area contributed by atoms with Gasteiger partial charge in [0.2, 0.25) is 5.91 Å². The van der Waals surface area contributed by atoms with E-state index >= 15 is 0 Å². The normalized spacial score (nSPS) is 14.9. The van der Waals surface area contributed by atoms with Crippen LogP contribution in [0.3, 0.4) is 0 Å². The molecule has 0 bridgehead atoms. The molecule has 0 saturated heterocycles. The minimum atomic E-state index is -0.675. The van der Waals surface area contributed by atoms with Crippen molar-refractivity contribution in [2.75, 3.05) is 6.61 Å². The molecule has 1 fully saturated rings. The van der Waals surface area contributed by atoms with E-state index in [4.69, 9.17) is 4.74 Å². The van der Waals surface area contributed by atoms with Crippen molar-refractivity contribution < 1.29 is 18.7 Å². The van der Waals surface area contributed by atoms with Crippen LogP contribution < -0.4 is 10.1 Å². The highest BCUT2D eigenvalue weighted by molar-refractivity contribution is 9.10. The van der Waals surface area contributed by atoms with E-state index < -0.39 is 11.9 Å². The van der Waals surface area contributed by atoms with Crippen LogP contribution in [0, 0.1) is 5.82 Å². The second-order valence-electron chi connectivity index (χ2n) is 7.53. The third-order valence-electron chi connectivity index (χ3n) is 5.32. The van der Waals surface area contributed by atoms with E-state index in [1.54, 1.807) is 19.1 Å². The Bertz CT molecular complexity index is 869. The zero-order valence-corrected chi connectivity index (χ0v) is 18.5. The summed E-state index contributed by atoms with van der Waals surface area (Å²) in [6.07, 6.45) is 4.15. The van der Waals surface area contributed by atoms with Gasteiger partial charge in [-0.25, -0.2) is 4.39 Å². The summed E-state index contributed by atoms with van der Waals surface area (Å²) in [6.45, 7) is 1.62. The largest absolute Gasteiger partial charge is 0.481 e. The minimum absolute atomic E-state index is 0.0116. The highest BCUT2D eigenvalue weighted by atomic mass is 79.9. The number of carbonyl (C=O) groups excluding carboxylic acids is 2. The first kappa shape index (κ1) is 22.3. The number of ether oxygens (including phenoxy) is 1. The standard InChI is InChI=1S/C23H26BrFN2O3/c1-16(23(29)26-19-6-2-3-7-19)27(14-17-10-12-18(24)13-11-17)22(28)15-30-21-9-5-4-8-20(21)25/h4-5,8-13,16,19H,2-3,6-7,14-15H2,1H3,(H,26,29)/t16-/m0/s1. The number of hydrogen-bond donors (Lipinski definition) is 1. The molecule has 7 heteroatoms. The number of benzene rings is 2. The van der Waals surface area contributed by atoms with Crippen LogP contribution in [0.1, 0.15) is 38.2 Å². The Morgan fingerprint density at radius 3 is 2.50 bits per heavy atom. The Kier molecular flexibility index (Phi) is 7.85. The Hall–Kier alpha value is -2.41. The molecule has 3 rings (SSSR count). The molecule has 1 aliphatic carbocycles. The van der Waals surface area contributed by atoms with Gasteiger partial charge in [-0.3, -0.25) is 9.59 Å². The van der Waals surface area contributed by atoms with Crippen molar-refractivity contribution in [1.29, 1.82) is 0 Å². The van der Waals surface area contributed by atoms with Gasteiger partial charge in [-0.05, 0) is 49.6 Å². The van der Waals surface area contributed by atoms with Crippen molar-refractivity contribution in [2.45, 2.75) is 51.2 Å². The number of nitrogens with zero attached hydrogens (tertiary/aromatic N) is 1. The van der Waals surface area contributed by atoms with E-state index in [-0.39, 0.29) is 36.8 Å². The molecule has 1 N–H and O–H groups in total. The molecule has 0 aromatic heterocycles. The van der Waals surface area contributed by atoms with Crippen molar-refractivity contribution in [3.8, 4) is 5.75 Å². The number of halogens is 2. The first-order chi connectivity index (χ1) is 14.4. The number of amides is 2. The molecular weight excluding hydrogens is 451 g/mol. The summed E-state index contributed by atoms with van der Waals surface area (Å²) in [5.74, 6) is -1.08. The first-order valence-corrected chi connectivity index (χ1v) is 10.9. The van der Waals surface area contributed by atoms with Crippen molar-refractivity contribution in [3.63, 3.8) is 0 Å². The third kappa shape index (κ3) is 6.05. The Morgan fingerprint density at radius 2 is 1.83 bits per heavy atom. The topological polar surface area (TPSA) is 58.6 Å². The van der Waals surface area contributed by atoms with Gasteiger partial charge in [-0.2, -0.15) is 0 Å². The van der Waals surface area contributed by atoms with Crippen LogP contribution in [0.15, 0.2) is 53.0 Å². The fourth-order valence-corrected chi connectivity index (χ4v) is 3.81. The molecule has 5 nitrogen and oxygen atoms in total. The van der Waals surface area contributed by atoms with Gasteiger partial charge in [0.1, 0.15) is 6.04 Å². The van der Waals surface area contributed by atoms with Crippen LogP contribution in [0.4, 0.5) is 4.39 Å². The lowest BCUT2D eigenvalue weighted by Crippen LogP contribution is -2.50. The predicted molar refractivity (Wildman–Crippen MR) is 116 cm³/mol. The lowest BCUT2D eigenvalue weighted by molar-refractivity contribution is -0.142. The van der Waals surface area contributed by atoms with Gasteiger partial charge in [-0.15, -0.1) is 0 Å². The molecule has 0 spiro atoms. The second kappa shape index (κ2) is 10.6. The van der Waals surface area contributed by atoms with Gasteiger partial charge in [0.05, 0.1) is 0 Å². The minimum Gasteiger partial charge on any atom is -0.481 e. The average Bonchev–Trinajstić information content (AvgIpc) is 3.25. The molecule has 0 heterocycles. The summed E-state index contributed by atoms with van der Waals surface area (Å²) in [7, 11) is 0. The number of rotatable bonds is 8. The zero-order valence-electron chi connectivity index (χ0n) is 16.9. The van der Waals surface area contributed by atoms with Gasteiger partial charge >= 0.3 is 0 Å². The monoisotopic (exact) mass is 476 g/mol. The Labute approximate surface area is 184 Å². The fraction of sp³-hybridized carbons (Fsp3) is 0.391. The van der Waals surface area contributed by atoms with E-state index in [9.17, 15) is 14.0 Å². The van der Waals surface area contributed by atoms with Gasteiger partial charge in [0.15, 0.2) is 18.2 Å². The van der Waals surface area contributed by atoms with E-state index in [2.05, 4.69) is 21.2 Å². The molecule has 0 aliphatic heterocycles. The van der Waals surface area contributed by atoms with Crippen molar-refractivity contribution in [2.24, 2.45) is 0 Å². The van der Waals surface area contributed by atoms with E-state index in [0.717, 1.165) is 35.7 Å². The summed E-state index contributed by atoms with van der Waals surface area (Å²) in [5.41, 5.74) is 0.887. The maximum atomic E-state index is 13.8. The molecule has 2 aromatic carbocycles. The molecular formula is C23H26BrFN2O3. The summed E-state index contributed by atoms with van der Waals surface area (Å²) in [4.78, 5) is 27.3. The van der Waals surface area contributed by atoms with Gasteiger partial charge in [-0.1, -0.05) is 53.0 Å². The van der Waals surface area contributed by atoms with E-state index in [1.165, 1.54) is 17.0 Å². The smallest absolute Gasteiger partial charge is 0.261 e. The number of hydrogen-bond acceptors (Lipinski definition) is 3. The van der Waals surface area contributed by atoms with Crippen LogP contribution >= 0.6 is 15.9 Å². The molecule has 2 aromatic rings. The van der Waals surface area contributed by atoms with Crippen LogP contribution in [0.2, 0.25) is 0 Å². The van der Waals surface area contributed by atoms with Crippen LogP contribution in [0.25, 0.3) is 0 Å². The zero-order chi connectivity index (χ0) is 21.5. The van der Waals surface area contributed by atoms with Crippen LogP contribution in [-0.2, 0) is 16.1 Å². The van der Waals surface area contributed by atoms with Crippen molar-refractivity contribution >= 4 is 27.7 Å². The Morgan fingerprint density at radius 1 is 1.17 bits per heavy atom. The fourth-order valence-electron chi connectivity index (χ4n) is 3.55. The average molecular weight is 477 g/mol. The number of carbonyl (C=O) groups is 2. The maximum absolute atomic E-state index is 13.8. The molecule has 0 radical (unpaired) electrons. The molecule has 30 heavy (non-hydrogen) atoms. The SMILES string of the molecule is C[C@@H](C(=O)NC1CCCC1)N(Cc1ccc(Br)cc1)C(=O)COc1ccccc1F. The molecule has 0 unspecified atom stereocenters. The molecule has 1 saturated carbocycles. The van der Waals surface area contributed by atoms with Gasteiger partial charge < -0.3 is 15.0 Å². The second-order valence-corrected chi connectivity index (χ2v) is 8.45. The lowest BCUT2D eigenvalue weighted by Gasteiger charge is -2.29. The quantitative estimate of drug-likeness (QED) is 0.612. The van der Waals surface area contributed by atoms with Gasteiger partial charge in [0.25, 0.3) is 5.91 Å². The Balaban J connectivity index is 1.71. The number of nitrogens with one attached hydrogen (secondary N) is 1. The molecule has 160 valence electrons. The summed E-state index contributed by atoms with van der Waals surface area (Å²) >= 11 is 3.40. The third-order valence-corrected chi connectivity index (χ3v) is 5.85. The summed E-state index contributed by atoms with van der Waals surface area (Å²) < 4.78 is 20.1. The molecule has 1 atom stereocenters. The number of para-hydroxylation sites is 1. The first-order valence-electron chi connectivity index (χ1n) is 10.2. The maximum Gasteiger partial charge on any atom is 0.261 e. The predicted octanol–water partition coefficient (Wildman–Crippen LogP) is 4.44.